The number of fused-ring (bicyclic) bond motifs is 1. The van der Waals surface area contributed by atoms with Gasteiger partial charge in [-0.1, -0.05) is 18.2 Å². The molecule has 0 saturated carbocycles. The van der Waals surface area contributed by atoms with Crippen molar-refractivity contribution in [3.63, 3.8) is 0 Å². The Morgan fingerprint density at radius 1 is 1.03 bits per heavy atom. The van der Waals surface area contributed by atoms with Crippen molar-refractivity contribution in [1.29, 1.82) is 0 Å². The zero-order chi connectivity index (χ0) is 20.2. The van der Waals surface area contributed by atoms with Crippen LogP contribution in [0, 0.1) is 0 Å². The summed E-state index contributed by atoms with van der Waals surface area (Å²) in [7, 11) is 0. The minimum atomic E-state index is -0.0111. The molecule has 148 valence electrons. The van der Waals surface area contributed by atoms with Crippen LogP contribution in [-0.2, 0) is 6.42 Å². The normalized spacial score (nSPS) is 12.6. The van der Waals surface area contributed by atoms with Crippen LogP contribution in [-0.4, -0.2) is 30.5 Å². The molecule has 0 aliphatic carbocycles. The van der Waals surface area contributed by atoms with Gasteiger partial charge in [0.1, 0.15) is 0 Å². The Morgan fingerprint density at radius 3 is 2.55 bits per heavy atom. The molecule has 3 aromatic rings. The van der Waals surface area contributed by atoms with Crippen LogP contribution in [0.15, 0.2) is 67.0 Å². The predicted octanol–water partition coefficient (Wildman–Crippen LogP) is 4.87. The first kappa shape index (κ1) is 19.0. The van der Waals surface area contributed by atoms with Crippen LogP contribution < -0.4 is 15.1 Å². The van der Waals surface area contributed by atoms with E-state index in [2.05, 4.69) is 59.4 Å². The van der Waals surface area contributed by atoms with Gasteiger partial charge in [0.05, 0.1) is 17.4 Å². The summed E-state index contributed by atoms with van der Waals surface area (Å²) in [5, 5.41) is 3.36. The van der Waals surface area contributed by atoms with Crippen molar-refractivity contribution >= 4 is 28.7 Å². The molecule has 1 aliphatic rings. The molecule has 1 aromatic heterocycles. The third-order valence-electron chi connectivity index (χ3n) is 5.40. The van der Waals surface area contributed by atoms with Gasteiger partial charge in [-0.25, -0.2) is 0 Å². The molecule has 0 unspecified atom stereocenters. The zero-order valence-corrected chi connectivity index (χ0v) is 16.9. The number of carbonyl (C=O) groups is 1. The SMILES string of the molecule is CCN(CC)c1ccc(Nc2cncc(C(=O)N3CCc4ccccc43)c2)cc1. The van der Waals surface area contributed by atoms with Gasteiger partial charge in [0, 0.05) is 42.9 Å². The third-order valence-corrected chi connectivity index (χ3v) is 5.40. The van der Waals surface area contributed by atoms with Crippen LogP contribution in [0.2, 0.25) is 0 Å². The highest BCUT2D eigenvalue weighted by molar-refractivity contribution is 6.07. The average molecular weight is 386 g/mol. The highest BCUT2D eigenvalue weighted by Crippen LogP contribution is 2.29. The van der Waals surface area contributed by atoms with E-state index < -0.39 is 0 Å². The van der Waals surface area contributed by atoms with Crippen molar-refractivity contribution in [2.75, 3.05) is 34.8 Å². The molecule has 2 heterocycles. The topological polar surface area (TPSA) is 48.5 Å². The molecule has 5 nitrogen and oxygen atoms in total. The van der Waals surface area contributed by atoms with Crippen LogP contribution in [0.5, 0.6) is 0 Å². The molecule has 2 aromatic carbocycles. The van der Waals surface area contributed by atoms with Crippen molar-refractivity contribution in [3.8, 4) is 0 Å². The summed E-state index contributed by atoms with van der Waals surface area (Å²) in [6.07, 6.45) is 4.27. The lowest BCUT2D eigenvalue weighted by atomic mass is 10.1. The number of hydrogen-bond donors (Lipinski definition) is 1. The number of nitrogens with zero attached hydrogens (tertiary/aromatic N) is 3. The second-order valence-corrected chi connectivity index (χ2v) is 7.14. The first-order valence-corrected chi connectivity index (χ1v) is 10.2. The maximum Gasteiger partial charge on any atom is 0.259 e. The van der Waals surface area contributed by atoms with Crippen molar-refractivity contribution in [2.24, 2.45) is 0 Å². The standard InChI is InChI=1S/C24H26N4O/c1-3-27(4-2)22-11-9-20(10-12-22)26-21-15-19(16-25-17-21)24(29)28-14-13-18-7-5-6-8-23(18)28/h5-12,15-17,26H,3-4,13-14H2,1-2H3. The van der Waals surface area contributed by atoms with Crippen LogP contribution in [0.1, 0.15) is 29.8 Å². The first-order chi connectivity index (χ1) is 14.2. The van der Waals surface area contributed by atoms with Gasteiger partial charge in [0.2, 0.25) is 0 Å². The summed E-state index contributed by atoms with van der Waals surface area (Å²) < 4.78 is 0. The molecule has 1 aliphatic heterocycles. The van der Waals surface area contributed by atoms with E-state index in [1.807, 2.05) is 29.2 Å². The summed E-state index contributed by atoms with van der Waals surface area (Å²) >= 11 is 0. The fraction of sp³-hybridized carbons (Fsp3) is 0.250. The summed E-state index contributed by atoms with van der Waals surface area (Å²) in [6.45, 7) is 6.99. The van der Waals surface area contributed by atoms with Crippen molar-refractivity contribution in [3.05, 3.63) is 78.1 Å². The van der Waals surface area contributed by atoms with E-state index in [0.29, 0.717) is 12.1 Å². The summed E-state index contributed by atoms with van der Waals surface area (Å²) in [4.78, 5) is 21.5. The zero-order valence-electron chi connectivity index (χ0n) is 16.9. The smallest absolute Gasteiger partial charge is 0.259 e. The van der Waals surface area contributed by atoms with Gasteiger partial charge in [0.15, 0.2) is 0 Å². The van der Waals surface area contributed by atoms with Crippen molar-refractivity contribution in [2.45, 2.75) is 20.3 Å². The molecule has 4 rings (SSSR count). The molecule has 0 radical (unpaired) electrons. The molecular formula is C24H26N4O. The molecule has 1 N–H and O–H groups in total. The van der Waals surface area contributed by atoms with E-state index in [1.54, 1.807) is 12.4 Å². The van der Waals surface area contributed by atoms with Gasteiger partial charge >= 0.3 is 0 Å². The molecule has 29 heavy (non-hydrogen) atoms. The van der Waals surface area contributed by atoms with E-state index in [4.69, 9.17) is 0 Å². The summed E-state index contributed by atoms with van der Waals surface area (Å²) in [5.41, 5.74) is 5.79. The van der Waals surface area contributed by atoms with Gasteiger partial charge in [-0.2, -0.15) is 0 Å². The molecule has 0 saturated heterocycles. The monoisotopic (exact) mass is 386 g/mol. The lowest BCUT2D eigenvalue weighted by molar-refractivity contribution is 0.0989. The minimum Gasteiger partial charge on any atom is -0.372 e. The number of carbonyl (C=O) groups excluding carboxylic acids is 1. The van der Waals surface area contributed by atoms with Crippen molar-refractivity contribution < 1.29 is 4.79 Å². The van der Waals surface area contributed by atoms with Gasteiger partial charge in [-0.15, -0.1) is 0 Å². The number of nitrogens with one attached hydrogen (secondary N) is 1. The van der Waals surface area contributed by atoms with Gasteiger partial charge in [-0.3, -0.25) is 9.78 Å². The lowest BCUT2D eigenvalue weighted by Crippen LogP contribution is -2.29. The quantitative estimate of drug-likeness (QED) is 0.656. The number of rotatable bonds is 6. The number of pyridine rings is 1. The molecule has 0 atom stereocenters. The minimum absolute atomic E-state index is 0.0111. The van der Waals surface area contributed by atoms with E-state index in [0.717, 1.165) is 36.6 Å². The molecule has 1 amide bonds. The Balaban J connectivity index is 1.50. The maximum absolute atomic E-state index is 13.1. The van der Waals surface area contributed by atoms with E-state index in [9.17, 15) is 4.79 Å². The Kier molecular flexibility index (Phi) is 5.47. The highest BCUT2D eigenvalue weighted by Gasteiger charge is 2.25. The fourth-order valence-electron chi connectivity index (χ4n) is 3.84. The summed E-state index contributed by atoms with van der Waals surface area (Å²) in [5.74, 6) is -0.0111. The van der Waals surface area contributed by atoms with Crippen molar-refractivity contribution in [1.82, 2.24) is 4.98 Å². The van der Waals surface area contributed by atoms with E-state index in [1.165, 1.54) is 11.3 Å². The van der Waals surface area contributed by atoms with Crippen LogP contribution >= 0.6 is 0 Å². The second-order valence-electron chi connectivity index (χ2n) is 7.14. The Labute approximate surface area is 172 Å². The Morgan fingerprint density at radius 2 is 1.79 bits per heavy atom. The third kappa shape index (κ3) is 3.94. The average Bonchev–Trinajstić information content (AvgIpc) is 3.20. The predicted molar refractivity (Wildman–Crippen MR) is 119 cm³/mol. The molecule has 0 spiro atoms. The fourth-order valence-corrected chi connectivity index (χ4v) is 3.84. The lowest BCUT2D eigenvalue weighted by Gasteiger charge is -2.21. The highest BCUT2D eigenvalue weighted by atomic mass is 16.2. The first-order valence-electron chi connectivity index (χ1n) is 10.2. The molecule has 0 bridgehead atoms. The Bertz CT molecular complexity index is 996. The second kappa shape index (κ2) is 8.35. The molecule has 0 fully saturated rings. The number of para-hydroxylation sites is 1. The molecular weight excluding hydrogens is 360 g/mol. The number of amides is 1. The van der Waals surface area contributed by atoms with Gasteiger partial charge < -0.3 is 15.1 Å². The van der Waals surface area contributed by atoms with Crippen LogP contribution in [0.4, 0.5) is 22.7 Å². The largest absolute Gasteiger partial charge is 0.372 e. The van der Waals surface area contributed by atoms with Gasteiger partial charge in [-0.05, 0) is 62.2 Å². The maximum atomic E-state index is 13.1. The molecule has 5 heteroatoms. The van der Waals surface area contributed by atoms with E-state index in [-0.39, 0.29) is 5.91 Å². The van der Waals surface area contributed by atoms with E-state index >= 15 is 0 Å². The Hall–Kier alpha value is -3.34. The summed E-state index contributed by atoms with van der Waals surface area (Å²) in [6, 6.07) is 18.3. The van der Waals surface area contributed by atoms with Crippen LogP contribution in [0.3, 0.4) is 0 Å². The van der Waals surface area contributed by atoms with Crippen LogP contribution in [0.25, 0.3) is 0 Å². The number of aromatic nitrogens is 1. The number of benzene rings is 2. The number of anilines is 4. The number of hydrogen-bond acceptors (Lipinski definition) is 4. The van der Waals surface area contributed by atoms with Gasteiger partial charge in [0.25, 0.3) is 5.91 Å².